The summed E-state index contributed by atoms with van der Waals surface area (Å²) in [7, 11) is 1.57. The van der Waals surface area contributed by atoms with Gasteiger partial charge in [0, 0.05) is 11.8 Å². The standard InChI is InChI=1S/C16H15NO4S/c1-20-14-5-3-13(4-6-14)17-15(18)10-21-16(19)7-2-12-8-9-22-11-12/h2-9,11H,10H2,1H3,(H,17,18)/b7-2+. The Morgan fingerprint density at radius 3 is 2.64 bits per heavy atom. The molecule has 2 aromatic rings. The molecular weight excluding hydrogens is 302 g/mol. The molecule has 1 N–H and O–H groups in total. The number of ether oxygens (including phenoxy) is 2. The maximum atomic E-state index is 11.7. The minimum atomic E-state index is -0.559. The van der Waals surface area contributed by atoms with Crippen LogP contribution in [0.3, 0.4) is 0 Å². The number of nitrogens with one attached hydrogen (secondary N) is 1. The van der Waals surface area contributed by atoms with Gasteiger partial charge in [-0.05, 0) is 52.7 Å². The van der Waals surface area contributed by atoms with Gasteiger partial charge in [0.25, 0.3) is 5.91 Å². The van der Waals surface area contributed by atoms with E-state index >= 15 is 0 Å². The molecule has 0 atom stereocenters. The fraction of sp³-hybridized carbons (Fsp3) is 0.125. The van der Waals surface area contributed by atoms with Gasteiger partial charge < -0.3 is 14.8 Å². The van der Waals surface area contributed by atoms with Crippen LogP contribution in [0.4, 0.5) is 5.69 Å². The maximum absolute atomic E-state index is 11.7. The van der Waals surface area contributed by atoms with E-state index < -0.39 is 11.9 Å². The van der Waals surface area contributed by atoms with Crippen molar-refractivity contribution in [2.24, 2.45) is 0 Å². The molecule has 0 aliphatic carbocycles. The van der Waals surface area contributed by atoms with E-state index in [2.05, 4.69) is 5.32 Å². The molecule has 0 fully saturated rings. The van der Waals surface area contributed by atoms with Crippen molar-refractivity contribution < 1.29 is 19.1 Å². The van der Waals surface area contributed by atoms with Crippen LogP contribution in [-0.4, -0.2) is 25.6 Å². The highest BCUT2D eigenvalue weighted by Gasteiger charge is 2.05. The van der Waals surface area contributed by atoms with Crippen LogP contribution < -0.4 is 10.1 Å². The predicted molar refractivity (Wildman–Crippen MR) is 85.9 cm³/mol. The Morgan fingerprint density at radius 2 is 2.00 bits per heavy atom. The number of methoxy groups -OCH3 is 1. The monoisotopic (exact) mass is 317 g/mol. The Bertz CT molecular complexity index is 647. The van der Waals surface area contributed by atoms with E-state index in [0.717, 1.165) is 5.56 Å². The molecule has 0 aliphatic rings. The lowest BCUT2D eigenvalue weighted by Gasteiger charge is -2.06. The largest absolute Gasteiger partial charge is 0.497 e. The summed E-state index contributed by atoms with van der Waals surface area (Å²) in [5.74, 6) is -0.262. The minimum absolute atomic E-state index is 0.334. The van der Waals surface area contributed by atoms with Crippen LogP contribution in [0.15, 0.2) is 47.2 Å². The molecule has 5 nitrogen and oxygen atoms in total. The summed E-state index contributed by atoms with van der Waals surface area (Å²) in [5.41, 5.74) is 1.53. The normalized spacial score (nSPS) is 10.4. The zero-order valence-electron chi connectivity index (χ0n) is 11.9. The molecule has 22 heavy (non-hydrogen) atoms. The van der Waals surface area contributed by atoms with Crippen LogP contribution in [0.5, 0.6) is 5.75 Å². The van der Waals surface area contributed by atoms with Crippen LogP contribution in [-0.2, 0) is 14.3 Å². The number of carbonyl (C=O) groups excluding carboxylic acids is 2. The van der Waals surface area contributed by atoms with E-state index in [1.54, 1.807) is 37.5 Å². The van der Waals surface area contributed by atoms with Gasteiger partial charge in [-0.3, -0.25) is 4.79 Å². The fourth-order valence-corrected chi connectivity index (χ4v) is 2.22. The molecule has 0 saturated heterocycles. The van der Waals surface area contributed by atoms with Gasteiger partial charge in [-0.25, -0.2) is 4.79 Å². The fourth-order valence-electron chi connectivity index (χ4n) is 1.59. The second kappa shape index (κ2) is 7.99. The highest BCUT2D eigenvalue weighted by atomic mass is 32.1. The number of carbonyl (C=O) groups is 2. The van der Waals surface area contributed by atoms with E-state index in [4.69, 9.17) is 9.47 Å². The zero-order valence-corrected chi connectivity index (χ0v) is 12.8. The zero-order chi connectivity index (χ0) is 15.8. The summed E-state index contributed by atoms with van der Waals surface area (Å²) >= 11 is 1.54. The van der Waals surface area contributed by atoms with Gasteiger partial charge in [0.1, 0.15) is 5.75 Å². The number of benzene rings is 1. The summed E-state index contributed by atoms with van der Waals surface area (Å²) in [5, 5.41) is 6.44. The van der Waals surface area contributed by atoms with Gasteiger partial charge in [0.15, 0.2) is 6.61 Å². The van der Waals surface area contributed by atoms with Crippen molar-refractivity contribution >= 4 is 35.0 Å². The molecule has 0 aliphatic heterocycles. The third kappa shape index (κ3) is 5.06. The topological polar surface area (TPSA) is 64.6 Å². The van der Waals surface area contributed by atoms with E-state index in [-0.39, 0.29) is 6.61 Å². The van der Waals surface area contributed by atoms with Crippen molar-refractivity contribution in [3.05, 3.63) is 52.7 Å². The van der Waals surface area contributed by atoms with Gasteiger partial charge in [0.2, 0.25) is 0 Å². The van der Waals surface area contributed by atoms with Gasteiger partial charge >= 0.3 is 5.97 Å². The lowest BCUT2D eigenvalue weighted by molar-refractivity contribution is -0.142. The van der Waals surface area contributed by atoms with Gasteiger partial charge in [-0.15, -0.1) is 0 Å². The third-order valence-corrected chi connectivity index (χ3v) is 3.38. The lowest BCUT2D eigenvalue weighted by atomic mass is 10.3. The number of esters is 1. The Hall–Kier alpha value is -2.60. The smallest absolute Gasteiger partial charge is 0.331 e. The van der Waals surface area contributed by atoms with E-state index in [1.165, 1.54) is 17.4 Å². The molecule has 1 aromatic heterocycles. The first-order valence-corrected chi connectivity index (χ1v) is 7.42. The molecule has 2 rings (SSSR count). The van der Waals surface area contributed by atoms with Crippen molar-refractivity contribution in [2.45, 2.75) is 0 Å². The molecule has 1 heterocycles. The number of thiophene rings is 1. The highest BCUT2D eigenvalue weighted by Crippen LogP contribution is 2.14. The van der Waals surface area contributed by atoms with E-state index in [9.17, 15) is 9.59 Å². The quantitative estimate of drug-likeness (QED) is 0.657. The van der Waals surface area contributed by atoms with Crippen LogP contribution in [0, 0.1) is 0 Å². The van der Waals surface area contributed by atoms with E-state index in [0.29, 0.717) is 11.4 Å². The highest BCUT2D eigenvalue weighted by molar-refractivity contribution is 7.08. The van der Waals surface area contributed by atoms with Crippen molar-refractivity contribution in [3.8, 4) is 5.75 Å². The van der Waals surface area contributed by atoms with Crippen LogP contribution in [0.1, 0.15) is 5.56 Å². The average molecular weight is 317 g/mol. The van der Waals surface area contributed by atoms with Crippen molar-refractivity contribution in [2.75, 3.05) is 19.0 Å². The lowest BCUT2D eigenvalue weighted by Crippen LogP contribution is -2.20. The Balaban J connectivity index is 1.75. The number of hydrogen-bond acceptors (Lipinski definition) is 5. The van der Waals surface area contributed by atoms with Crippen LogP contribution in [0.2, 0.25) is 0 Å². The van der Waals surface area contributed by atoms with Crippen LogP contribution >= 0.6 is 11.3 Å². The molecule has 0 unspecified atom stereocenters. The third-order valence-electron chi connectivity index (χ3n) is 2.67. The van der Waals surface area contributed by atoms with Gasteiger partial charge in [-0.1, -0.05) is 0 Å². The molecule has 0 bridgehead atoms. The van der Waals surface area contributed by atoms with Gasteiger partial charge in [-0.2, -0.15) is 11.3 Å². The SMILES string of the molecule is COc1ccc(NC(=O)COC(=O)/C=C/c2ccsc2)cc1. The van der Waals surface area contributed by atoms with Gasteiger partial charge in [0.05, 0.1) is 7.11 Å². The first-order chi connectivity index (χ1) is 10.7. The van der Waals surface area contributed by atoms with Crippen molar-refractivity contribution in [3.63, 3.8) is 0 Å². The first-order valence-electron chi connectivity index (χ1n) is 6.48. The molecule has 6 heteroatoms. The summed E-state index contributed by atoms with van der Waals surface area (Å²) in [4.78, 5) is 23.1. The Kier molecular flexibility index (Phi) is 5.73. The molecule has 114 valence electrons. The first kappa shape index (κ1) is 15.8. The second-order valence-electron chi connectivity index (χ2n) is 4.27. The van der Waals surface area contributed by atoms with E-state index in [1.807, 2.05) is 16.8 Å². The summed E-state index contributed by atoms with van der Waals surface area (Å²) < 4.78 is 9.88. The average Bonchev–Trinajstić information content (AvgIpc) is 3.05. The number of rotatable bonds is 6. The Labute approximate surface area is 132 Å². The number of amides is 1. The number of anilines is 1. The second-order valence-corrected chi connectivity index (χ2v) is 5.05. The Morgan fingerprint density at radius 1 is 1.23 bits per heavy atom. The summed E-state index contributed by atoms with van der Waals surface area (Å²) in [6, 6.07) is 8.74. The number of hydrogen-bond donors (Lipinski definition) is 1. The van der Waals surface area contributed by atoms with Crippen molar-refractivity contribution in [1.29, 1.82) is 0 Å². The van der Waals surface area contributed by atoms with Crippen molar-refractivity contribution in [1.82, 2.24) is 0 Å². The minimum Gasteiger partial charge on any atom is -0.497 e. The molecule has 0 radical (unpaired) electrons. The molecule has 0 saturated carbocycles. The summed E-state index contributed by atoms with van der Waals surface area (Å²) in [6.07, 6.45) is 2.93. The predicted octanol–water partition coefficient (Wildman–Crippen LogP) is 2.95. The van der Waals surface area contributed by atoms with Crippen LogP contribution in [0.25, 0.3) is 6.08 Å². The molecule has 0 spiro atoms. The molecule has 1 amide bonds. The molecule has 1 aromatic carbocycles. The summed E-state index contributed by atoms with van der Waals surface area (Å²) in [6.45, 7) is -0.334. The maximum Gasteiger partial charge on any atom is 0.331 e. The molecular formula is C16H15NO4S.